The van der Waals surface area contributed by atoms with Crippen molar-refractivity contribution >= 4 is 11.1 Å². The molecule has 3 aromatic carbocycles. The highest BCUT2D eigenvalue weighted by atomic mass is 16.3. The first-order chi connectivity index (χ1) is 14.2. The van der Waals surface area contributed by atoms with Crippen LogP contribution in [0.2, 0.25) is 0 Å². The zero-order chi connectivity index (χ0) is 19.8. The van der Waals surface area contributed by atoms with Crippen LogP contribution in [0.15, 0.2) is 83.4 Å². The molecule has 5 rings (SSSR count). The lowest BCUT2D eigenvalue weighted by atomic mass is 10.1. The SMILES string of the molecule is Cc1ccc(-c2nn(Cc3ccccc3)cc2-c2nc3ccc(C)cc3o2)cc1. The molecule has 0 bridgehead atoms. The minimum absolute atomic E-state index is 0.598. The number of hydrogen-bond donors (Lipinski definition) is 0. The first-order valence-corrected chi connectivity index (χ1v) is 9.72. The molecular formula is C25H21N3O. The normalized spacial score (nSPS) is 11.2. The van der Waals surface area contributed by atoms with Crippen LogP contribution in [-0.4, -0.2) is 14.8 Å². The smallest absolute Gasteiger partial charge is 0.231 e. The lowest BCUT2D eigenvalue weighted by Crippen LogP contribution is -1.99. The summed E-state index contributed by atoms with van der Waals surface area (Å²) in [6.07, 6.45) is 2.03. The van der Waals surface area contributed by atoms with E-state index in [-0.39, 0.29) is 0 Å². The summed E-state index contributed by atoms with van der Waals surface area (Å²) >= 11 is 0. The van der Waals surface area contributed by atoms with Crippen molar-refractivity contribution in [1.29, 1.82) is 0 Å². The van der Waals surface area contributed by atoms with E-state index in [1.807, 2.05) is 47.3 Å². The van der Waals surface area contributed by atoms with Gasteiger partial charge in [-0.25, -0.2) is 4.98 Å². The molecule has 0 N–H and O–H groups in total. The van der Waals surface area contributed by atoms with Crippen molar-refractivity contribution in [2.45, 2.75) is 20.4 Å². The lowest BCUT2D eigenvalue weighted by molar-refractivity contribution is 0.619. The third kappa shape index (κ3) is 3.45. The van der Waals surface area contributed by atoms with E-state index in [9.17, 15) is 0 Å². The van der Waals surface area contributed by atoms with E-state index in [0.717, 1.165) is 33.5 Å². The molecule has 0 saturated heterocycles. The number of aromatic nitrogens is 3. The number of fused-ring (bicyclic) bond motifs is 1. The number of benzene rings is 3. The van der Waals surface area contributed by atoms with E-state index >= 15 is 0 Å². The summed E-state index contributed by atoms with van der Waals surface area (Å²) in [5, 5.41) is 4.89. The molecule has 29 heavy (non-hydrogen) atoms. The van der Waals surface area contributed by atoms with Gasteiger partial charge < -0.3 is 4.42 Å². The Bertz CT molecular complexity index is 1280. The fraction of sp³-hybridized carbons (Fsp3) is 0.120. The van der Waals surface area contributed by atoms with Gasteiger partial charge in [-0.05, 0) is 37.1 Å². The summed E-state index contributed by atoms with van der Waals surface area (Å²) in [4.78, 5) is 4.73. The summed E-state index contributed by atoms with van der Waals surface area (Å²) in [5.41, 5.74) is 8.06. The van der Waals surface area contributed by atoms with Crippen LogP contribution >= 0.6 is 0 Å². The molecule has 0 amide bonds. The minimum atomic E-state index is 0.598. The molecule has 0 spiro atoms. The van der Waals surface area contributed by atoms with E-state index in [0.29, 0.717) is 12.4 Å². The van der Waals surface area contributed by atoms with Crippen molar-refractivity contribution in [2.24, 2.45) is 0 Å². The van der Waals surface area contributed by atoms with Crippen LogP contribution in [0, 0.1) is 13.8 Å². The van der Waals surface area contributed by atoms with Crippen LogP contribution < -0.4 is 0 Å². The van der Waals surface area contributed by atoms with E-state index in [4.69, 9.17) is 14.5 Å². The molecule has 0 unspecified atom stereocenters. The molecule has 2 aromatic heterocycles. The van der Waals surface area contributed by atoms with E-state index in [1.165, 1.54) is 11.1 Å². The molecule has 4 nitrogen and oxygen atoms in total. The number of rotatable bonds is 4. The fourth-order valence-electron chi connectivity index (χ4n) is 3.50. The Morgan fingerprint density at radius 1 is 0.862 bits per heavy atom. The van der Waals surface area contributed by atoms with Gasteiger partial charge in [0.15, 0.2) is 5.58 Å². The van der Waals surface area contributed by atoms with Crippen LogP contribution in [-0.2, 0) is 6.54 Å². The van der Waals surface area contributed by atoms with Crippen LogP contribution in [0.25, 0.3) is 33.8 Å². The topological polar surface area (TPSA) is 43.9 Å². The molecule has 0 fully saturated rings. The number of hydrogen-bond acceptors (Lipinski definition) is 3. The van der Waals surface area contributed by atoms with Crippen molar-refractivity contribution < 1.29 is 4.42 Å². The van der Waals surface area contributed by atoms with Crippen LogP contribution in [0.1, 0.15) is 16.7 Å². The van der Waals surface area contributed by atoms with Gasteiger partial charge in [0.2, 0.25) is 5.89 Å². The van der Waals surface area contributed by atoms with E-state index < -0.39 is 0 Å². The highest BCUT2D eigenvalue weighted by molar-refractivity contribution is 5.82. The Balaban J connectivity index is 1.64. The molecule has 142 valence electrons. The predicted molar refractivity (Wildman–Crippen MR) is 116 cm³/mol. The second kappa shape index (κ2) is 7.06. The van der Waals surface area contributed by atoms with Crippen LogP contribution in [0.4, 0.5) is 0 Å². The summed E-state index contributed by atoms with van der Waals surface area (Å²) in [5.74, 6) is 0.598. The van der Waals surface area contributed by atoms with Crippen molar-refractivity contribution in [2.75, 3.05) is 0 Å². The summed E-state index contributed by atoms with van der Waals surface area (Å²) in [7, 11) is 0. The Hall–Kier alpha value is -3.66. The van der Waals surface area contributed by atoms with Crippen molar-refractivity contribution in [3.05, 3.63) is 95.7 Å². The van der Waals surface area contributed by atoms with Gasteiger partial charge in [-0.2, -0.15) is 5.10 Å². The average molecular weight is 379 g/mol. The zero-order valence-corrected chi connectivity index (χ0v) is 16.5. The first-order valence-electron chi connectivity index (χ1n) is 9.72. The number of aryl methyl sites for hydroxylation is 2. The lowest BCUT2D eigenvalue weighted by Gasteiger charge is -2.02. The molecule has 0 aliphatic heterocycles. The van der Waals surface area contributed by atoms with Gasteiger partial charge in [-0.1, -0.05) is 66.2 Å². The minimum Gasteiger partial charge on any atom is -0.436 e. The molecule has 2 heterocycles. The van der Waals surface area contributed by atoms with Crippen molar-refractivity contribution in [3.63, 3.8) is 0 Å². The molecule has 0 aliphatic carbocycles. The van der Waals surface area contributed by atoms with Crippen molar-refractivity contribution in [3.8, 4) is 22.7 Å². The van der Waals surface area contributed by atoms with Crippen molar-refractivity contribution in [1.82, 2.24) is 14.8 Å². The Morgan fingerprint density at radius 3 is 2.41 bits per heavy atom. The van der Waals surface area contributed by atoms with Gasteiger partial charge in [-0.3, -0.25) is 4.68 Å². The summed E-state index contributed by atoms with van der Waals surface area (Å²) < 4.78 is 8.08. The van der Waals surface area contributed by atoms with E-state index in [1.54, 1.807) is 0 Å². The highest BCUT2D eigenvalue weighted by Gasteiger charge is 2.18. The molecule has 5 aromatic rings. The quantitative estimate of drug-likeness (QED) is 0.383. The number of oxazole rings is 1. The highest BCUT2D eigenvalue weighted by Crippen LogP contribution is 2.33. The molecule has 0 atom stereocenters. The third-order valence-electron chi connectivity index (χ3n) is 5.05. The summed E-state index contributed by atoms with van der Waals surface area (Å²) in [6, 6.07) is 24.8. The average Bonchev–Trinajstić information content (AvgIpc) is 3.33. The van der Waals surface area contributed by atoms with Gasteiger partial charge in [0, 0.05) is 11.8 Å². The van der Waals surface area contributed by atoms with E-state index in [2.05, 4.69) is 50.2 Å². The molecule has 0 saturated carbocycles. The van der Waals surface area contributed by atoms with Gasteiger partial charge in [0.05, 0.1) is 12.1 Å². The predicted octanol–water partition coefficient (Wildman–Crippen LogP) is 6.02. The third-order valence-corrected chi connectivity index (χ3v) is 5.05. The maximum atomic E-state index is 6.12. The van der Waals surface area contributed by atoms with Crippen LogP contribution in [0.3, 0.4) is 0 Å². The molecular weight excluding hydrogens is 358 g/mol. The maximum absolute atomic E-state index is 6.12. The maximum Gasteiger partial charge on any atom is 0.231 e. The second-order valence-corrected chi connectivity index (χ2v) is 7.43. The fourth-order valence-corrected chi connectivity index (χ4v) is 3.50. The molecule has 0 radical (unpaired) electrons. The second-order valence-electron chi connectivity index (χ2n) is 7.43. The number of nitrogens with zero attached hydrogens (tertiary/aromatic N) is 3. The van der Waals surface area contributed by atoms with Crippen LogP contribution in [0.5, 0.6) is 0 Å². The largest absolute Gasteiger partial charge is 0.436 e. The zero-order valence-electron chi connectivity index (χ0n) is 16.5. The molecule has 0 aliphatic rings. The molecule has 4 heteroatoms. The standard InChI is InChI=1S/C25H21N3O/c1-17-8-11-20(12-9-17)24-21(16-28(27-24)15-19-6-4-3-5-7-19)25-26-22-13-10-18(2)14-23(22)29-25/h3-14,16H,15H2,1-2H3. The van der Waals surface area contributed by atoms with Gasteiger partial charge in [-0.15, -0.1) is 0 Å². The summed E-state index contributed by atoms with van der Waals surface area (Å²) in [6.45, 7) is 4.83. The van der Waals surface area contributed by atoms with Gasteiger partial charge in [0.25, 0.3) is 0 Å². The first kappa shape index (κ1) is 17.4. The Morgan fingerprint density at radius 2 is 1.62 bits per heavy atom. The van der Waals surface area contributed by atoms with Gasteiger partial charge in [0.1, 0.15) is 11.2 Å². The Kier molecular flexibility index (Phi) is 4.24. The monoisotopic (exact) mass is 379 g/mol. The Labute approximate surface area is 169 Å². The van der Waals surface area contributed by atoms with Gasteiger partial charge >= 0.3 is 0 Å².